The van der Waals surface area contributed by atoms with E-state index in [-0.39, 0.29) is 23.8 Å². The molecule has 0 saturated carbocycles. The lowest BCUT2D eigenvalue weighted by molar-refractivity contribution is -0.139. The summed E-state index contributed by atoms with van der Waals surface area (Å²) in [5.41, 5.74) is 0.657. The number of rotatable bonds is 5. The van der Waals surface area contributed by atoms with E-state index in [1.54, 1.807) is 12.4 Å². The topological polar surface area (TPSA) is 86.6 Å². The van der Waals surface area contributed by atoms with E-state index < -0.39 is 0 Å². The zero-order valence-corrected chi connectivity index (χ0v) is 15.5. The number of hydrogen-bond donors (Lipinski definition) is 1. The average molecular weight is 360 g/mol. The van der Waals surface area contributed by atoms with Crippen LogP contribution in [0.3, 0.4) is 0 Å². The fourth-order valence-electron chi connectivity index (χ4n) is 3.99. The van der Waals surface area contributed by atoms with E-state index in [2.05, 4.69) is 9.97 Å². The molecule has 2 amide bonds. The second-order valence-corrected chi connectivity index (χ2v) is 7.43. The van der Waals surface area contributed by atoms with E-state index in [0.29, 0.717) is 38.0 Å². The van der Waals surface area contributed by atoms with Crippen LogP contribution >= 0.6 is 0 Å². The Labute approximate surface area is 154 Å². The van der Waals surface area contributed by atoms with E-state index in [0.717, 1.165) is 38.1 Å². The molecule has 2 aliphatic rings. The van der Waals surface area contributed by atoms with Crippen molar-refractivity contribution >= 4 is 11.8 Å². The van der Waals surface area contributed by atoms with Gasteiger partial charge in [-0.3, -0.25) is 9.59 Å². The molecule has 7 nitrogen and oxygen atoms in total. The first-order valence-corrected chi connectivity index (χ1v) is 9.56. The first kappa shape index (κ1) is 18.8. The van der Waals surface area contributed by atoms with Gasteiger partial charge in [-0.2, -0.15) is 0 Å². The fraction of sp³-hybridized carbons (Fsp3) is 0.684. The van der Waals surface area contributed by atoms with Gasteiger partial charge in [0, 0.05) is 58.0 Å². The third kappa shape index (κ3) is 4.03. The van der Waals surface area contributed by atoms with E-state index >= 15 is 0 Å². The number of likely N-dealkylation sites (tertiary alicyclic amines) is 2. The highest BCUT2D eigenvalue weighted by Crippen LogP contribution is 2.40. The minimum Gasteiger partial charge on any atom is -0.396 e. The van der Waals surface area contributed by atoms with Crippen LogP contribution in [0, 0.1) is 5.41 Å². The highest BCUT2D eigenvalue weighted by molar-refractivity contribution is 5.93. The quantitative estimate of drug-likeness (QED) is 0.854. The summed E-state index contributed by atoms with van der Waals surface area (Å²) in [6, 6.07) is 0. The highest BCUT2D eigenvalue weighted by Gasteiger charge is 2.41. The van der Waals surface area contributed by atoms with Crippen LogP contribution in [0.25, 0.3) is 0 Å². The molecule has 2 saturated heterocycles. The van der Waals surface area contributed by atoms with Crippen LogP contribution in [0.4, 0.5) is 0 Å². The molecule has 0 atom stereocenters. The van der Waals surface area contributed by atoms with Crippen LogP contribution in [0.2, 0.25) is 0 Å². The van der Waals surface area contributed by atoms with Gasteiger partial charge in [0.15, 0.2) is 0 Å². The minimum atomic E-state index is -0.00785. The van der Waals surface area contributed by atoms with E-state index in [4.69, 9.17) is 5.11 Å². The van der Waals surface area contributed by atoms with Crippen molar-refractivity contribution in [1.82, 2.24) is 19.8 Å². The molecular weight excluding hydrogens is 332 g/mol. The molecule has 2 fully saturated rings. The molecule has 0 bridgehead atoms. The Balaban J connectivity index is 1.59. The van der Waals surface area contributed by atoms with Crippen LogP contribution in [0.5, 0.6) is 0 Å². The summed E-state index contributed by atoms with van der Waals surface area (Å²) < 4.78 is 0. The molecule has 1 aromatic rings. The predicted octanol–water partition coefficient (Wildman–Crippen LogP) is 1.27. The van der Waals surface area contributed by atoms with Crippen LogP contribution in [0.15, 0.2) is 12.4 Å². The van der Waals surface area contributed by atoms with Gasteiger partial charge in [0.1, 0.15) is 5.82 Å². The van der Waals surface area contributed by atoms with Crippen LogP contribution in [0.1, 0.15) is 55.2 Å². The van der Waals surface area contributed by atoms with Gasteiger partial charge in [0.05, 0.1) is 5.56 Å². The molecule has 26 heavy (non-hydrogen) atoms. The lowest BCUT2D eigenvalue weighted by Gasteiger charge is -2.47. The van der Waals surface area contributed by atoms with Crippen molar-refractivity contribution in [3.05, 3.63) is 23.8 Å². The summed E-state index contributed by atoms with van der Waals surface area (Å²) >= 11 is 0. The average Bonchev–Trinajstić information content (AvgIpc) is 2.69. The van der Waals surface area contributed by atoms with Crippen molar-refractivity contribution in [3.63, 3.8) is 0 Å². The zero-order chi connectivity index (χ0) is 18.6. The second kappa shape index (κ2) is 8.12. The number of carbonyl (C=O) groups excluding carboxylic acids is 2. The monoisotopic (exact) mass is 360 g/mol. The summed E-state index contributed by atoms with van der Waals surface area (Å²) in [5, 5.41) is 9.03. The van der Waals surface area contributed by atoms with E-state index in [1.165, 1.54) is 0 Å². The third-order valence-electron chi connectivity index (χ3n) is 5.71. The van der Waals surface area contributed by atoms with Gasteiger partial charge in [0.25, 0.3) is 5.91 Å². The number of aryl methyl sites for hydroxylation is 1. The van der Waals surface area contributed by atoms with Crippen LogP contribution in [-0.2, 0) is 11.2 Å². The predicted molar refractivity (Wildman–Crippen MR) is 96.5 cm³/mol. The van der Waals surface area contributed by atoms with Crippen molar-refractivity contribution in [2.45, 2.75) is 45.4 Å². The van der Waals surface area contributed by atoms with E-state index in [1.807, 2.05) is 16.7 Å². The molecule has 3 heterocycles. The number of hydrogen-bond acceptors (Lipinski definition) is 5. The summed E-state index contributed by atoms with van der Waals surface area (Å²) in [6.45, 7) is 4.88. The Kier molecular flexibility index (Phi) is 5.86. The van der Waals surface area contributed by atoms with Crippen LogP contribution in [-0.4, -0.2) is 69.5 Å². The van der Waals surface area contributed by atoms with Gasteiger partial charge in [-0.05, 0) is 31.1 Å². The molecule has 0 unspecified atom stereocenters. The van der Waals surface area contributed by atoms with Crippen molar-refractivity contribution in [1.29, 1.82) is 0 Å². The number of aliphatic hydroxyl groups excluding tert-OH is 1. The first-order chi connectivity index (χ1) is 12.6. The summed E-state index contributed by atoms with van der Waals surface area (Å²) in [7, 11) is 0. The third-order valence-corrected chi connectivity index (χ3v) is 5.71. The Morgan fingerprint density at radius 3 is 2.54 bits per heavy atom. The fourth-order valence-corrected chi connectivity index (χ4v) is 3.99. The lowest BCUT2D eigenvalue weighted by atomic mass is 9.72. The maximum Gasteiger partial charge on any atom is 0.256 e. The molecule has 1 spiro atoms. The standard InChI is InChI=1S/C19H28N4O3/c1-2-16-20-12-15(13-21-16)18(26)22-9-6-19(7-10-22)5-4-17(25)23(14-19)8-3-11-24/h12-13,24H,2-11,14H2,1H3. The van der Waals surface area contributed by atoms with Gasteiger partial charge in [-0.15, -0.1) is 0 Å². The number of aromatic nitrogens is 2. The summed E-state index contributed by atoms with van der Waals surface area (Å²) in [4.78, 5) is 37.0. The number of nitrogens with zero attached hydrogens (tertiary/aromatic N) is 4. The lowest BCUT2D eigenvalue weighted by Crippen LogP contribution is -2.52. The van der Waals surface area contributed by atoms with Gasteiger partial charge in [0.2, 0.25) is 5.91 Å². The van der Waals surface area contributed by atoms with Gasteiger partial charge < -0.3 is 14.9 Å². The van der Waals surface area contributed by atoms with Crippen molar-refractivity contribution in [3.8, 4) is 0 Å². The maximum atomic E-state index is 12.7. The van der Waals surface area contributed by atoms with Gasteiger partial charge >= 0.3 is 0 Å². The Morgan fingerprint density at radius 1 is 1.23 bits per heavy atom. The summed E-state index contributed by atoms with van der Waals surface area (Å²) in [6.07, 6.45) is 7.92. The molecule has 0 radical (unpaired) electrons. The van der Waals surface area contributed by atoms with Crippen LogP contribution < -0.4 is 0 Å². The number of amides is 2. The molecule has 0 aromatic carbocycles. The number of aliphatic hydroxyl groups is 1. The van der Waals surface area contributed by atoms with Gasteiger partial charge in [-0.25, -0.2) is 9.97 Å². The van der Waals surface area contributed by atoms with Crippen molar-refractivity contribution < 1.29 is 14.7 Å². The second-order valence-electron chi connectivity index (χ2n) is 7.43. The number of carbonyl (C=O) groups is 2. The molecular formula is C19H28N4O3. The SMILES string of the molecule is CCc1ncc(C(=O)N2CCC3(CCC(=O)N(CCCO)C3)CC2)cn1. The Bertz CT molecular complexity index is 639. The van der Waals surface area contributed by atoms with E-state index in [9.17, 15) is 9.59 Å². The molecule has 2 aliphatic heterocycles. The molecule has 1 aromatic heterocycles. The first-order valence-electron chi connectivity index (χ1n) is 9.56. The molecule has 0 aliphatic carbocycles. The molecule has 142 valence electrons. The molecule has 3 rings (SSSR count). The molecule has 1 N–H and O–H groups in total. The normalized spacial score (nSPS) is 19.8. The largest absolute Gasteiger partial charge is 0.396 e. The molecule has 7 heteroatoms. The zero-order valence-electron chi connectivity index (χ0n) is 15.5. The minimum absolute atomic E-state index is 0.00785. The van der Waals surface area contributed by atoms with Crippen molar-refractivity contribution in [2.75, 3.05) is 32.8 Å². The highest BCUT2D eigenvalue weighted by atomic mass is 16.3. The summed E-state index contributed by atoms with van der Waals surface area (Å²) in [5.74, 6) is 0.927. The smallest absolute Gasteiger partial charge is 0.256 e. The van der Waals surface area contributed by atoms with Crippen molar-refractivity contribution in [2.24, 2.45) is 5.41 Å². The maximum absolute atomic E-state index is 12.7. The Morgan fingerprint density at radius 2 is 1.92 bits per heavy atom. The number of piperidine rings is 2. The van der Waals surface area contributed by atoms with Gasteiger partial charge in [-0.1, -0.05) is 6.92 Å². The Hall–Kier alpha value is -2.02.